The lowest BCUT2D eigenvalue weighted by molar-refractivity contribution is -0.121. The molecule has 3 aromatic rings. The summed E-state index contributed by atoms with van der Waals surface area (Å²) in [5.41, 5.74) is 2.25. The molecule has 1 aliphatic rings. The first-order valence-electron chi connectivity index (χ1n) is 10.4. The predicted octanol–water partition coefficient (Wildman–Crippen LogP) is 4.23. The molecule has 0 unspecified atom stereocenters. The SMILES string of the molecule is O=C(CCc1ncc(-c2ccccc2)o1)NC[C@@H](c1ccccc1)N1CCCC1. The lowest BCUT2D eigenvalue weighted by Crippen LogP contribution is -2.36. The fourth-order valence-corrected chi connectivity index (χ4v) is 3.87. The van der Waals surface area contributed by atoms with Crippen LogP contribution in [-0.2, 0) is 11.2 Å². The van der Waals surface area contributed by atoms with Gasteiger partial charge in [0.15, 0.2) is 11.7 Å². The summed E-state index contributed by atoms with van der Waals surface area (Å²) in [6.07, 6.45) is 5.05. The van der Waals surface area contributed by atoms with Gasteiger partial charge in [0.25, 0.3) is 0 Å². The number of oxazole rings is 1. The predicted molar refractivity (Wildman–Crippen MR) is 113 cm³/mol. The highest BCUT2D eigenvalue weighted by molar-refractivity contribution is 5.76. The van der Waals surface area contributed by atoms with Crippen LogP contribution in [0.25, 0.3) is 11.3 Å². The maximum atomic E-state index is 12.4. The summed E-state index contributed by atoms with van der Waals surface area (Å²) in [4.78, 5) is 19.2. The largest absolute Gasteiger partial charge is 0.441 e. The molecule has 2 aromatic carbocycles. The van der Waals surface area contributed by atoms with E-state index >= 15 is 0 Å². The molecule has 1 N–H and O–H groups in total. The van der Waals surface area contributed by atoms with Crippen LogP contribution in [0.3, 0.4) is 0 Å². The Morgan fingerprint density at radius 1 is 1.03 bits per heavy atom. The third kappa shape index (κ3) is 5.12. The smallest absolute Gasteiger partial charge is 0.220 e. The Labute approximate surface area is 171 Å². The Morgan fingerprint density at radius 2 is 1.72 bits per heavy atom. The Morgan fingerprint density at radius 3 is 2.45 bits per heavy atom. The molecule has 4 rings (SSSR count). The highest BCUT2D eigenvalue weighted by atomic mass is 16.4. The molecule has 1 aromatic heterocycles. The molecule has 0 spiro atoms. The molecule has 29 heavy (non-hydrogen) atoms. The van der Waals surface area contributed by atoms with Crippen LogP contribution in [0.2, 0.25) is 0 Å². The number of carbonyl (C=O) groups excluding carboxylic acids is 1. The van der Waals surface area contributed by atoms with Crippen molar-refractivity contribution in [1.29, 1.82) is 0 Å². The van der Waals surface area contributed by atoms with Crippen LogP contribution in [0, 0.1) is 0 Å². The number of hydrogen-bond acceptors (Lipinski definition) is 4. The van der Waals surface area contributed by atoms with E-state index in [-0.39, 0.29) is 11.9 Å². The molecule has 1 saturated heterocycles. The minimum absolute atomic E-state index is 0.0320. The molecule has 1 fully saturated rings. The van der Waals surface area contributed by atoms with Crippen molar-refractivity contribution in [2.45, 2.75) is 31.7 Å². The molecule has 5 nitrogen and oxygen atoms in total. The van der Waals surface area contributed by atoms with Crippen LogP contribution in [0.5, 0.6) is 0 Å². The molecule has 2 heterocycles. The number of rotatable bonds is 8. The van der Waals surface area contributed by atoms with E-state index in [1.165, 1.54) is 18.4 Å². The normalized spacial score (nSPS) is 15.3. The molecule has 0 bridgehead atoms. The monoisotopic (exact) mass is 389 g/mol. The molecule has 0 aliphatic carbocycles. The van der Waals surface area contributed by atoms with E-state index < -0.39 is 0 Å². The maximum absolute atomic E-state index is 12.4. The highest BCUT2D eigenvalue weighted by Crippen LogP contribution is 2.24. The van der Waals surface area contributed by atoms with Crippen molar-refractivity contribution < 1.29 is 9.21 Å². The van der Waals surface area contributed by atoms with Gasteiger partial charge in [-0.2, -0.15) is 0 Å². The fourth-order valence-electron chi connectivity index (χ4n) is 3.87. The summed E-state index contributed by atoms with van der Waals surface area (Å²) in [6.45, 7) is 2.81. The summed E-state index contributed by atoms with van der Waals surface area (Å²) in [7, 11) is 0. The van der Waals surface area contributed by atoms with Crippen LogP contribution in [-0.4, -0.2) is 35.4 Å². The molecule has 150 valence electrons. The van der Waals surface area contributed by atoms with Gasteiger partial charge in [-0.3, -0.25) is 9.69 Å². The van der Waals surface area contributed by atoms with Crippen LogP contribution in [0.15, 0.2) is 71.3 Å². The van der Waals surface area contributed by atoms with Gasteiger partial charge in [-0.25, -0.2) is 4.98 Å². The second kappa shape index (κ2) is 9.52. The number of aromatic nitrogens is 1. The summed E-state index contributed by atoms with van der Waals surface area (Å²) in [5, 5.41) is 3.12. The maximum Gasteiger partial charge on any atom is 0.220 e. The average molecular weight is 389 g/mol. The van der Waals surface area contributed by atoms with Gasteiger partial charge in [0.2, 0.25) is 5.91 Å². The molecule has 1 atom stereocenters. The standard InChI is InChI=1S/C24H27N3O2/c28-23(13-14-24-26-18-22(29-24)20-11-5-2-6-12-20)25-17-21(27-15-7-8-16-27)19-9-3-1-4-10-19/h1-6,9-12,18,21H,7-8,13-17H2,(H,25,28)/t21-/m0/s1. The van der Waals surface area contributed by atoms with Crippen molar-refractivity contribution in [3.63, 3.8) is 0 Å². The summed E-state index contributed by atoms with van der Waals surface area (Å²) < 4.78 is 5.80. The Kier molecular flexibility index (Phi) is 6.37. The third-order valence-corrected chi connectivity index (χ3v) is 5.44. The first-order valence-corrected chi connectivity index (χ1v) is 10.4. The quantitative estimate of drug-likeness (QED) is 0.626. The first kappa shape index (κ1) is 19.4. The summed E-state index contributed by atoms with van der Waals surface area (Å²) in [5.74, 6) is 1.36. The van der Waals surface area contributed by atoms with E-state index in [1.807, 2.05) is 36.4 Å². The van der Waals surface area contributed by atoms with E-state index in [4.69, 9.17) is 4.42 Å². The van der Waals surface area contributed by atoms with Gasteiger partial charge in [0.1, 0.15) is 0 Å². The van der Waals surface area contributed by atoms with Gasteiger partial charge < -0.3 is 9.73 Å². The molecule has 1 amide bonds. The van der Waals surface area contributed by atoms with Gasteiger partial charge in [-0.1, -0.05) is 60.7 Å². The van der Waals surface area contributed by atoms with Gasteiger partial charge in [0, 0.05) is 24.9 Å². The second-order valence-electron chi connectivity index (χ2n) is 7.46. The fraction of sp³-hybridized carbons (Fsp3) is 0.333. The number of aryl methyl sites for hydroxylation is 1. The first-order chi connectivity index (χ1) is 14.3. The van der Waals surface area contributed by atoms with Crippen molar-refractivity contribution >= 4 is 5.91 Å². The number of hydrogen-bond donors (Lipinski definition) is 1. The van der Waals surface area contributed by atoms with Gasteiger partial charge in [-0.05, 0) is 31.5 Å². The van der Waals surface area contributed by atoms with Gasteiger partial charge in [0.05, 0.1) is 12.2 Å². The summed E-state index contributed by atoms with van der Waals surface area (Å²) >= 11 is 0. The lowest BCUT2D eigenvalue weighted by atomic mass is 10.1. The molecule has 1 aliphatic heterocycles. The number of benzene rings is 2. The number of likely N-dealkylation sites (tertiary alicyclic amines) is 1. The summed E-state index contributed by atoms with van der Waals surface area (Å²) in [6, 6.07) is 20.6. The van der Waals surface area contributed by atoms with Gasteiger partial charge >= 0.3 is 0 Å². The minimum atomic E-state index is 0.0320. The highest BCUT2D eigenvalue weighted by Gasteiger charge is 2.23. The molecule has 0 radical (unpaired) electrons. The third-order valence-electron chi connectivity index (χ3n) is 5.44. The minimum Gasteiger partial charge on any atom is -0.441 e. The van der Waals surface area contributed by atoms with Crippen LogP contribution in [0.1, 0.15) is 36.8 Å². The molecular formula is C24H27N3O2. The molecule has 5 heteroatoms. The Hall–Kier alpha value is -2.92. The zero-order chi connectivity index (χ0) is 19.9. The Bertz CT molecular complexity index is 902. The van der Waals surface area contributed by atoms with Crippen molar-refractivity contribution in [2.24, 2.45) is 0 Å². The van der Waals surface area contributed by atoms with Crippen molar-refractivity contribution in [1.82, 2.24) is 15.2 Å². The average Bonchev–Trinajstić information content (AvgIpc) is 3.46. The van der Waals surface area contributed by atoms with E-state index in [9.17, 15) is 4.79 Å². The molecular weight excluding hydrogens is 362 g/mol. The number of amides is 1. The number of nitrogens with one attached hydrogen (secondary N) is 1. The lowest BCUT2D eigenvalue weighted by Gasteiger charge is -2.28. The topological polar surface area (TPSA) is 58.4 Å². The number of carbonyl (C=O) groups is 1. The van der Waals surface area contributed by atoms with E-state index in [0.717, 1.165) is 24.4 Å². The van der Waals surface area contributed by atoms with Crippen LogP contribution >= 0.6 is 0 Å². The van der Waals surface area contributed by atoms with Crippen molar-refractivity contribution in [2.75, 3.05) is 19.6 Å². The number of nitrogens with zero attached hydrogens (tertiary/aromatic N) is 2. The van der Waals surface area contributed by atoms with E-state index in [2.05, 4.69) is 39.5 Å². The van der Waals surface area contributed by atoms with Crippen LogP contribution in [0.4, 0.5) is 0 Å². The zero-order valence-corrected chi connectivity index (χ0v) is 16.6. The van der Waals surface area contributed by atoms with E-state index in [0.29, 0.717) is 25.3 Å². The van der Waals surface area contributed by atoms with Gasteiger partial charge in [-0.15, -0.1) is 0 Å². The van der Waals surface area contributed by atoms with Crippen molar-refractivity contribution in [3.05, 3.63) is 78.3 Å². The van der Waals surface area contributed by atoms with E-state index in [1.54, 1.807) is 6.20 Å². The zero-order valence-electron chi connectivity index (χ0n) is 16.6. The Balaban J connectivity index is 1.30. The van der Waals surface area contributed by atoms with Crippen molar-refractivity contribution in [3.8, 4) is 11.3 Å². The second-order valence-corrected chi connectivity index (χ2v) is 7.46. The van der Waals surface area contributed by atoms with Crippen LogP contribution < -0.4 is 5.32 Å². The molecule has 0 saturated carbocycles.